The van der Waals surface area contributed by atoms with E-state index >= 15 is 0 Å². The lowest BCUT2D eigenvalue weighted by atomic mass is 10.4. The fourth-order valence-electron chi connectivity index (χ4n) is 1.37. The van der Waals surface area contributed by atoms with Gasteiger partial charge in [-0.2, -0.15) is 8.42 Å². The highest BCUT2D eigenvalue weighted by molar-refractivity contribution is 7.93. The van der Waals surface area contributed by atoms with Crippen LogP contribution in [-0.2, 0) is 29.5 Å². The van der Waals surface area contributed by atoms with E-state index in [1.807, 2.05) is 0 Å². The molecular weight excluding hydrogens is 326 g/mol. The molecule has 0 radical (unpaired) electrons. The number of hydrogen-bond acceptors (Lipinski definition) is 7. The van der Waals surface area contributed by atoms with Gasteiger partial charge in [0.1, 0.15) is 4.90 Å². The summed E-state index contributed by atoms with van der Waals surface area (Å²) < 4.78 is 46.9. The van der Waals surface area contributed by atoms with Gasteiger partial charge in [0.25, 0.3) is 0 Å². The maximum atomic E-state index is 12.2. The third-order valence-electron chi connectivity index (χ3n) is 2.11. The first kappa shape index (κ1) is 16.9. The monoisotopic (exact) mass is 337 g/mol. The first-order chi connectivity index (χ1) is 9.48. The van der Waals surface area contributed by atoms with Crippen LogP contribution in [0.15, 0.2) is 34.1 Å². The van der Waals surface area contributed by atoms with Gasteiger partial charge in [-0.25, -0.2) is 18.0 Å². The lowest BCUT2D eigenvalue weighted by molar-refractivity contribution is -0.161. The zero-order chi connectivity index (χ0) is 16.4. The minimum atomic E-state index is -4.90. The van der Waals surface area contributed by atoms with Crippen LogP contribution in [0, 0.1) is 0 Å². The van der Waals surface area contributed by atoms with E-state index in [9.17, 15) is 26.4 Å². The van der Waals surface area contributed by atoms with E-state index in [2.05, 4.69) is 4.84 Å². The van der Waals surface area contributed by atoms with Gasteiger partial charge in [-0.05, 0) is 16.6 Å². The van der Waals surface area contributed by atoms with Crippen molar-refractivity contribution in [2.45, 2.75) is 16.7 Å². The first-order valence-corrected chi connectivity index (χ1v) is 8.57. The maximum Gasteiger partial charge on any atom is 0.456 e. The van der Waals surface area contributed by atoms with Crippen LogP contribution in [0.1, 0.15) is 6.92 Å². The number of carbonyl (C=O) groups is 2. The third kappa shape index (κ3) is 3.70. The molecule has 0 aliphatic carbocycles. The largest absolute Gasteiger partial charge is 0.462 e. The van der Waals surface area contributed by atoms with Crippen LogP contribution >= 0.6 is 0 Å². The molecule has 9 nitrogen and oxygen atoms in total. The molecule has 0 bridgehead atoms. The van der Waals surface area contributed by atoms with Crippen molar-refractivity contribution in [3.05, 3.63) is 24.3 Å². The molecule has 0 heterocycles. The molecule has 0 saturated carbocycles. The topological polar surface area (TPSA) is 135 Å². The lowest BCUT2D eigenvalue weighted by Gasteiger charge is -2.18. The lowest BCUT2D eigenvalue weighted by Crippen LogP contribution is -2.37. The number of amides is 1. The zero-order valence-electron chi connectivity index (χ0n) is 10.9. The summed E-state index contributed by atoms with van der Waals surface area (Å²) >= 11 is 0. The molecule has 1 rings (SSSR count). The van der Waals surface area contributed by atoms with Gasteiger partial charge in [-0.3, -0.25) is 0 Å². The molecule has 1 aromatic carbocycles. The van der Waals surface area contributed by atoms with Crippen LogP contribution in [0.25, 0.3) is 0 Å². The van der Waals surface area contributed by atoms with E-state index in [0.29, 0.717) is 0 Å². The number of hydrogen-bond donors (Lipinski definition) is 1. The number of carboxylic acid groups (broad SMARTS) is 1. The molecule has 0 fully saturated rings. The number of hydroxylamine groups is 1. The van der Waals surface area contributed by atoms with Crippen molar-refractivity contribution in [3.8, 4) is 0 Å². The van der Waals surface area contributed by atoms with Gasteiger partial charge < -0.3 is 9.94 Å². The smallest absolute Gasteiger partial charge is 0.456 e. The summed E-state index contributed by atoms with van der Waals surface area (Å²) in [5, 5.41) is 8.83. The van der Waals surface area contributed by atoms with Gasteiger partial charge in [-0.15, -0.1) is 0 Å². The summed E-state index contributed by atoms with van der Waals surface area (Å²) in [6.07, 6.45) is -1.33. The summed E-state index contributed by atoms with van der Waals surface area (Å²) in [6.45, 7) is 0.800. The fourth-order valence-corrected chi connectivity index (χ4v) is 4.06. The molecule has 1 aromatic rings. The van der Waals surface area contributed by atoms with Crippen LogP contribution in [0.5, 0.6) is 0 Å². The highest BCUT2D eigenvalue weighted by atomic mass is 32.2. The molecule has 11 heteroatoms. The molecule has 0 saturated heterocycles. The second-order valence-electron chi connectivity index (χ2n) is 3.82. The molecule has 0 aromatic heterocycles. The predicted molar refractivity (Wildman–Crippen MR) is 68.4 cm³/mol. The predicted octanol–water partition coefficient (Wildman–Crippen LogP) is 0.237. The number of rotatable bonds is 3. The summed E-state index contributed by atoms with van der Waals surface area (Å²) in [4.78, 5) is 24.4. The second kappa shape index (κ2) is 5.69. The van der Waals surface area contributed by atoms with E-state index in [1.54, 1.807) is 0 Å². The Morgan fingerprint density at radius 3 is 1.95 bits per heavy atom. The first-order valence-electron chi connectivity index (χ1n) is 5.24. The van der Waals surface area contributed by atoms with Crippen LogP contribution in [0.4, 0.5) is 4.79 Å². The minimum absolute atomic E-state index is 0.584. The normalized spacial score (nSPS) is 11.7. The summed E-state index contributed by atoms with van der Waals surface area (Å²) in [5.41, 5.74) is 0. The Bertz CT molecular complexity index is 781. The van der Waals surface area contributed by atoms with Crippen molar-refractivity contribution < 1.29 is 36.4 Å². The summed E-state index contributed by atoms with van der Waals surface area (Å²) in [6, 6.07) is 4.36. The Balaban J connectivity index is 3.57. The maximum absolute atomic E-state index is 12.2. The molecule has 0 aliphatic rings. The number of carbonyl (C=O) groups excluding carboxylic acids is 1. The molecule has 116 valence electrons. The Morgan fingerprint density at radius 1 is 1.10 bits per heavy atom. The van der Waals surface area contributed by atoms with Crippen molar-refractivity contribution in [1.29, 1.82) is 0 Å². The fraction of sp³-hybridized carbons (Fsp3) is 0.200. The number of benzene rings is 1. The van der Waals surface area contributed by atoms with Crippen molar-refractivity contribution in [3.63, 3.8) is 0 Å². The van der Waals surface area contributed by atoms with Crippen molar-refractivity contribution in [2.75, 3.05) is 6.26 Å². The van der Waals surface area contributed by atoms with Gasteiger partial charge in [0.05, 0.1) is 4.90 Å². The zero-order valence-corrected chi connectivity index (χ0v) is 12.5. The summed E-state index contributed by atoms with van der Waals surface area (Å²) in [5.74, 6) is -1.20. The number of sulfone groups is 1. The molecule has 1 N–H and O–H groups in total. The van der Waals surface area contributed by atoms with Crippen LogP contribution in [0.2, 0.25) is 0 Å². The second-order valence-corrected chi connectivity index (χ2v) is 7.52. The molecule has 1 amide bonds. The number of sulfonamides is 1. The molecular formula is C10H11NO8S2. The van der Waals surface area contributed by atoms with Gasteiger partial charge in [0, 0.05) is 13.2 Å². The van der Waals surface area contributed by atoms with E-state index < -0.39 is 46.2 Å². The van der Waals surface area contributed by atoms with Gasteiger partial charge in [0.15, 0.2) is 9.84 Å². The molecule has 0 spiro atoms. The molecule has 0 atom stereocenters. The Hall–Kier alpha value is -2.14. The van der Waals surface area contributed by atoms with E-state index in [4.69, 9.17) is 5.11 Å². The Kier molecular flexibility index (Phi) is 4.59. The quantitative estimate of drug-likeness (QED) is 0.775. The number of nitrogens with zero attached hydrogens (tertiary/aromatic N) is 1. The van der Waals surface area contributed by atoms with Crippen LogP contribution < -0.4 is 0 Å². The third-order valence-corrected chi connectivity index (χ3v) is 4.98. The van der Waals surface area contributed by atoms with Crippen molar-refractivity contribution >= 4 is 31.9 Å². The highest BCUT2D eigenvalue weighted by Gasteiger charge is 2.36. The van der Waals surface area contributed by atoms with Gasteiger partial charge in [-0.1, -0.05) is 12.1 Å². The molecule has 21 heavy (non-hydrogen) atoms. The van der Waals surface area contributed by atoms with E-state index in [1.165, 1.54) is 12.1 Å². The van der Waals surface area contributed by atoms with Crippen molar-refractivity contribution in [2.24, 2.45) is 0 Å². The molecule has 0 aliphatic heterocycles. The van der Waals surface area contributed by atoms with E-state index in [0.717, 1.165) is 25.3 Å². The van der Waals surface area contributed by atoms with E-state index in [-0.39, 0.29) is 0 Å². The Labute approximate surface area is 120 Å². The average molecular weight is 337 g/mol. The SMILES string of the molecule is CC(=O)ON(C(=O)O)S(=O)(=O)c1ccccc1S(C)(=O)=O. The molecule has 0 unspecified atom stereocenters. The van der Waals surface area contributed by atoms with Gasteiger partial charge in [0.2, 0.25) is 0 Å². The van der Waals surface area contributed by atoms with Crippen LogP contribution in [-0.4, -0.2) is 44.7 Å². The Morgan fingerprint density at radius 2 is 1.57 bits per heavy atom. The minimum Gasteiger partial charge on any atom is -0.462 e. The van der Waals surface area contributed by atoms with Crippen molar-refractivity contribution in [1.82, 2.24) is 4.47 Å². The average Bonchev–Trinajstić information content (AvgIpc) is 2.34. The summed E-state index contributed by atoms with van der Waals surface area (Å²) in [7, 11) is -8.84. The standard InChI is InChI=1S/C10H11NO8S2/c1-7(12)19-11(10(13)14)21(17,18)9-6-4-3-5-8(9)20(2,15)16/h3-6H,1-2H3,(H,13,14). The van der Waals surface area contributed by atoms with Crippen LogP contribution in [0.3, 0.4) is 0 Å². The van der Waals surface area contributed by atoms with Gasteiger partial charge >= 0.3 is 22.1 Å². The highest BCUT2D eigenvalue weighted by Crippen LogP contribution is 2.24.